The molecule has 3 rings (SSSR count). The monoisotopic (exact) mass is 356 g/mol. The first-order valence-electron chi connectivity index (χ1n) is 8.04. The molecule has 0 saturated carbocycles. The molecule has 0 atom stereocenters. The first-order chi connectivity index (χ1) is 11.9. The second-order valence-corrected chi connectivity index (χ2v) is 7.53. The van der Waals surface area contributed by atoms with Crippen LogP contribution >= 0.6 is 0 Å². The maximum Gasteiger partial charge on any atom is 0.261 e. The molecular weight excluding hydrogens is 336 g/mol. The third-order valence-corrected chi connectivity index (χ3v) is 5.42. The van der Waals surface area contributed by atoms with Gasteiger partial charge in [0.15, 0.2) is 5.89 Å². The van der Waals surface area contributed by atoms with Gasteiger partial charge >= 0.3 is 0 Å². The average molecular weight is 356 g/mol. The van der Waals surface area contributed by atoms with Crippen LogP contribution < -0.4 is 4.72 Å². The van der Waals surface area contributed by atoms with Gasteiger partial charge in [-0.1, -0.05) is 37.3 Å². The van der Waals surface area contributed by atoms with E-state index in [1.54, 1.807) is 37.5 Å². The van der Waals surface area contributed by atoms with E-state index >= 15 is 0 Å². The molecule has 3 aromatic rings. The fraction of sp³-hybridized carbons (Fsp3) is 0.211. The molecule has 0 bridgehead atoms. The van der Waals surface area contributed by atoms with Crippen LogP contribution in [0.15, 0.2) is 58.0 Å². The van der Waals surface area contributed by atoms with Gasteiger partial charge in [0.2, 0.25) is 0 Å². The van der Waals surface area contributed by atoms with Crippen molar-refractivity contribution in [3.8, 4) is 11.3 Å². The lowest BCUT2D eigenvalue weighted by Crippen LogP contribution is -2.15. The number of oxazole rings is 1. The molecule has 1 heterocycles. The lowest BCUT2D eigenvalue weighted by molar-refractivity contribution is 0.521. The Bertz CT molecular complexity index is 990. The summed E-state index contributed by atoms with van der Waals surface area (Å²) in [5.74, 6) is 0.569. The summed E-state index contributed by atoms with van der Waals surface area (Å²) in [6.07, 6.45) is 2.31. The van der Waals surface area contributed by atoms with Crippen LogP contribution in [-0.2, 0) is 16.4 Å². The van der Waals surface area contributed by atoms with Crippen molar-refractivity contribution in [2.75, 3.05) is 4.72 Å². The molecule has 0 radical (unpaired) electrons. The molecule has 0 unspecified atom stereocenters. The Morgan fingerprint density at radius 2 is 1.80 bits per heavy atom. The summed E-state index contributed by atoms with van der Waals surface area (Å²) in [5, 5.41) is 0. The van der Waals surface area contributed by atoms with Crippen molar-refractivity contribution in [1.29, 1.82) is 0 Å². The topological polar surface area (TPSA) is 72.2 Å². The summed E-state index contributed by atoms with van der Waals surface area (Å²) in [6, 6.07) is 12.4. The number of sulfonamides is 1. The van der Waals surface area contributed by atoms with Crippen LogP contribution in [0.3, 0.4) is 0 Å². The van der Waals surface area contributed by atoms with Crippen LogP contribution in [0.4, 0.5) is 5.69 Å². The minimum absolute atomic E-state index is 0.210. The summed E-state index contributed by atoms with van der Waals surface area (Å²) in [4.78, 5) is 4.45. The van der Waals surface area contributed by atoms with E-state index in [0.29, 0.717) is 17.3 Å². The van der Waals surface area contributed by atoms with Crippen LogP contribution in [-0.4, -0.2) is 13.4 Å². The van der Waals surface area contributed by atoms with E-state index in [1.807, 2.05) is 32.0 Å². The number of benzene rings is 2. The molecular formula is C19H20N2O3S. The zero-order valence-electron chi connectivity index (χ0n) is 14.4. The summed E-state index contributed by atoms with van der Waals surface area (Å²) in [7, 11) is -3.66. The molecule has 5 nitrogen and oxygen atoms in total. The van der Waals surface area contributed by atoms with Crippen molar-refractivity contribution in [3.63, 3.8) is 0 Å². The van der Waals surface area contributed by atoms with Gasteiger partial charge in [0.1, 0.15) is 12.0 Å². The first kappa shape index (κ1) is 17.2. The Kier molecular flexibility index (Phi) is 4.63. The average Bonchev–Trinajstić information content (AvgIpc) is 3.03. The van der Waals surface area contributed by atoms with Crippen molar-refractivity contribution in [2.45, 2.75) is 32.1 Å². The molecule has 6 heteroatoms. The minimum Gasteiger partial charge on any atom is -0.449 e. The molecule has 0 amide bonds. The van der Waals surface area contributed by atoms with Crippen LogP contribution in [0, 0.1) is 13.8 Å². The molecule has 0 aliphatic heterocycles. The normalized spacial score (nSPS) is 11.5. The van der Waals surface area contributed by atoms with Crippen LogP contribution in [0.2, 0.25) is 0 Å². The molecule has 0 spiro atoms. The molecule has 0 fully saturated rings. The molecule has 2 aromatic carbocycles. The number of para-hydroxylation sites is 1. The van der Waals surface area contributed by atoms with Crippen molar-refractivity contribution < 1.29 is 12.8 Å². The first-order valence-corrected chi connectivity index (χ1v) is 9.53. The molecule has 130 valence electrons. The van der Waals surface area contributed by atoms with Crippen LogP contribution in [0.1, 0.15) is 23.9 Å². The number of rotatable bonds is 5. The Morgan fingerprint density at radius 1 is 1.08 bits per heavy atom. The van der Waals surface area contributed by atoms with E-state index in [2.05, 4.69) is 9.71 Å². The maximum absolute atomic E-state index is 12.7. The highest BCUT2D eigenvalue weighted by molar-refractivity contribution is 7.92. The maximum atomic E-state index is 12.7. The SMILES string of the molecule is CCc1cccc(C)c1NS(=O)(=O)c1ccc(-c2coc(C)n2)cc1. The van der Waals surface area contributed by atoms with Crippen LogP contribution in [0.5, 0.6) is 0 Å². The van der Waals surface area contributed by atoms with E-state index in [0.717, 1.165) is 23.1 Å². The second kappa shape index (κ2) is 6.72. The summed E-state index contributed by atoms with van der Waals surface area (Å²) in [6.45, 7) is 5.66. The number of anilines is 1. The fourth-order valence-electron chi connectivity index (χ4n) is 2.66. The second-order valence-electron chi connectivity index (χ2n) is 5.84. The molecule has 0 saturated heterocycles. The van der Waals surface area contributed by atoms with Gasteiger partial charge in [-0.2, -0.15) is 0 Å². The number of nitrogens with zero attached hydrogens (tertiary/aromatic N) is 1. The van der Waals surface area contributed by atoms with E-state index in [4.69, 9.17) is 4.42 Å². The molecule has 1 aromatic heterocycles. The highest BCUT2D eigenvalue weighted by Gasteiger charge is 2.17. The number of hydrogen-bond donors (Lipinski definition) is 1. The van der Waals surface area contributed by atoms with Gasteiger partial charge in [0, 0.05) is 12.5 Å². The third-order valence-electron chi connectivity index (χ3n) is 4.06. The Labute approximate surface area is 147 Å². The van der Waals surface area contributed by atoms with Crippen molar-refractivity contribution >= 4 is 15.7 Å². The van der Waals surface area contributed by atoms with Crippen molar-refractivity contribution in [1.82, 2.24) is 4.98 Å². The van der Waals surface area contributed by atoms with Gasteiger partial charge in [-0.25, -0.2) is 13.4 Å². The van der Waals surface area contributed by atoms with Gasteiger partial charge in [-0.3, -0.25) is 4.72 Å². The highest BCUT2D eigenvalue weighted by Crippen LogP contribution is 2.26. The van der Waals surface area contributed by atoms with Gasteiger partial charge in [-0.15, -0.1) is 0 Å². The number of nitrogens with one attached hydrogen (secondary N) is 1. The minimum atomic E-state index is -3.66. The smallest absolute Gasteiger partial charge is 0.261 e. The van der Waals surface area contributed by atoms with Gasteiger partial charge in [0.25, 0.3) is 10.0 Å². The third kappa shape index (κ3) is 3.58. The summed E-state index contributed by atoms with van der Waals surface area (Å²) >= 11 is 0. The van der Waals surface area contributed by atoms with Gasteiger partial charge in [0.05, 0.1) is 10.6 Å². The Morgan fingerprint density at radius 3 is 2.40 bits per heavy atom. The van der Waals surface area contributed by atoms with Crippen LogP contribution in [0.25, 0.3) is 11.3 Å². The van der Waals surface area contributed by atoms with E-state index in [1.165, 1.54) is 0 Å². The quantitative estimate of drug-likeness (QED) is 0.739. The molecule has 25 heavy (non-hydrogen) atoms. The highest BCUT2D eigenvalue weighted by atomic mass is 32.2. The lowest BCUT2D eigenvalue weighted by Gasteiger charge is -2.14. The van der Waals surface area contributed by atoms with E-state index in [9.17, 15) is 8.42 Å². The largest absolute Gasteiger partial charge is 0.449 e. The number of aromatic nitrogens is 1. The fourth-order valence-corrected chi connectivity index (χ4v) is 3.84. The Hall–Kier alpha value is -2.60. The molecule has 0 aliphatic carbocycles. The molecule has 0 aliphatic rings. The van der Waals surface area contributed by atoms with E-state index < -0.39 is 10.0 Å². The summed E-state index contributed by atoms with van der Waals surface area (Å²) < 4.78 is 33.4. The predicted octanol–water partition coefficient (Wildman–Crippen LogP) is 4.32. The standard InChI is InChI=1S/C19H20N2O3S/c1-4-15-7-5-6-13(2)19(15)21-25(22,23)17-10-8-16(9-11-17)18-12-24-14(3)20-18/h5-12,21H,4H2,1-3H3. The zero-order chi connectivity index (χ0) is 18.0. The van der Waals surface area contributed by atoms with Crippen molar-refractivity contribution in [3.05, 3.63) is 65.7 Å². The number of hydrogen-bond acceptors (Lipinski definition) is 4. The predicted molar refractivity (Wildman–Crippen MR) is 98.0 cm³/mol. The van der Waals surface area contributed by atoms with Gasteiger partial charge < -0.3 is 4.42 Å². The lowest BCUT2D eigenvalue weighted by atomic mass is 10.1. The zero-order valence-corrected chi connectivity index (χ0v) is 15.2. The number of aryl methyl sites for hydroxylation is 3. The van der Waals surface area contributed by atoms with E-state index in [-0.39, 0.29) is 4.90 Å². The Balaban J connectivity index is 1.91. The van der Waals surface area contributed by atoms with Crippen molar-refractivity contribution in [2.24, 2.45) is 0 Å². The van der Waals surface area contributed by atoms with Gasteiger partial charge in [-0.05, 0) is 36.6 Å². The molecule has 1 N–H and O–H groups in total. The summed E-state index contributed by atoms with van der Waals surface area (Å²) in [5.41, 5.74) is 4.01.